The number of para-hydroxylation sites is 1. The maximum absolute atomic E-state index is 6.58. The summed E-state index contributed by atoms with van der Waals surface area (Å²) in [5, 5.41) is 6.71. The highest BCUT2D eigenvalue weighted by Gasteiger charge is 2.17. The Kier molecular flexibility index (Phi) is 5.51. The van der Waals surface area contributed by atoms with Gasteiger partial charge in [-0.2, -0.15) is 0 Å². The van der Waals surface area contributed by atoms with E-state index in [1.54, 1.807) is 0 Å². The van der Waals surface area contributed by atoms with Gasteiger partial charge >= 0.3 is 0 Å². The zero-order chi connectivity index (χ0) is 30.9. The van der Waals surface area contributed by atoms with Crippen LogP contribution >= 0.6 is 0 Å². The van der Waals surface area contributed by atoms with Crippen molar-refractivity contribution in [3.8, 4) is 33.8 Å². The highest BCUT2D eigenvalue weighted by Crippen LogP contribution is 2.40. The second-order valence-electron chi connectivity index (χ2n) is 11.9. The third-order valence-corrected chi connectivity index (χ3v) is 9.27. The topological polar surface area (TPSA) is 43.8 Å². The summed E-state index contributed by atoms with van der Waals surface area (Å²) in [6, 6.07) is 46.9. The van der Waals surface area contributed by atoms with Gasteiger partial charge in [-0.1, -0.05) is 78.9 Å². The Morgan fingerprint density at radius 1 is 0.426 bits per heavy atom. The molecule has 0 unspecified atom stereocenters. The van der Waals surface area contributed by atoms with Gasteiger partial charge in [-0.05, 0) is 82.1 Å². The second-order valence-corrected chi connectivity index (χ2v) is 11.9. The van der Waals surface area contributed by atoms with Crippen molar-refractivity contribution >= 4 is 54.6 Å². The first-order chi connectivity index (χ1) is 23.3. The fourth-order valence-electron chi connectivity index (χ4n) is 7.18. The van der Waals surface area contributed by atoms with Gasteiger partial charge in [0.05, 0.1) is 11.0 Å². The van der Waals surface area contributed by atoms with Crippen LogP contribution < -0.4 is 4.74 Å². The van der Waals surface area contributed by atoms with Crippen LogP contribution in [-0.4, -0.2) is 18.8 Å². The third kappa shape index (κ3) is 3.97. The van der Waals surface area contributed by atoms with E-state index in [0.29, 0.717) is 0 Å². The predicted molar refractivity (Wildman–Crippen MR) is 191 cm³/mol. The van der Waals surface area contributed by atoms with E-state index in [9.17, 15) is 0 Å². The van der Waals surface area contributed by atoms with E-state index in [-0.39, 0.29) is 0 Å². The van der Waals surface area contributed by atoms with Crippen LogP contribution in [0.3, 0.4) is 0 Å². The number of rotatable bonds is 4. The second kappa shape index (κ2) is 10.0. The zero-order valence-electron chi connectivity index (χ0n) is 25.2. The summed E-state index contributed by atoms with van der Waals surface area (Å²) < 4.78 is 10.9. The fourth-order valence-corrected chi connectivity index (χ4v) is 7.18. The molecular weight excluding hydrogens is 576 g/mol. The molecule has 5 heteroatoms. The van der Waals surface area contributed by atoms with Gasteiger partial charge in [-0.25, -0.2) is 9.97 Å². The lowest BCUT2D eigenvalue weighted by Gasteiger charge is -2.16. The summed E-state index contributed by atoms with van der Waals surface area (Å²) in [7, 11) is 0. The third-order valence-electron chi connectivity index (χ3n) is 9.27. The van der Waals surface area contributed by atoms with Crippen LogP contribution in [0.2, 0.25) is 0 Å². The summed E-state index contributed by atoms with van der Waals surface area (Å²) in [5.41, 5.74) is 8.77. The first kappa shape index (κ1) is 25.8. The van der Waals surface area contributed by atoms with Crippen LogP contribution in [0.25, 0.3) is 76.9 Å². The molecule has 5 nitrogen and oxygen atoms in total. The van der Waals surface area contributed by atoms with Crippen molar-refractivity contribution < 1.29 is 4.74 Å². The van der Waals surface area contributed by atoms with Crippen molar-refractivity contribution in [3.63, 3.8) is 0 Å². The molecule has 4 heterocycles. The SMILES string of the molecule is c1ccc(-c2cc(-c3ccccc3)c3c(c2)c2ccc(Oc4ccc5c6ccccc6n6ccnc6c5c4)cc2c2nccn23)cc1. The standard InChI is InChI=1S/C42H26N4O/c1-3-9-27(10-4-1)29-23-35(28-11-5-2-6-12-28)40-36(24-29)33-18-16-31(26-38(33)42-44-20-22-46(40)42)47-30-15-17-32-34-13-7-8-14-39(34)45-21-19-43-41(45)37(32)25-30/h1-26H. The average Bonchev–Trinajstić information content (AvgIpc) is 3.84. The average molecular weight is 603 g/mol. The molecule has 0 bridgehead atoms. The summed E-state index contributed by atoms with van der Waals surface area (Å²) >= 11 is 0. The Balaban J connectivity index is 1.17. The van der Waals surface area contributed by atoms with Crippen LogP contribution in [0.5, 0.6) is 11.5 Å². The van der Waals surface area contributed by atoms with Crippen LogP contribution in [0, 0.1) is 0 Å². The molecule has 0 fully saturated rings. The van der Waals surface area contributed by atoms with Crippen LogP contribution in [0.4, 0.5) is 0 Å². The molecular formula is C42H26N4O. The molecule has 0 aliphatic heterocycles. The van der Waals surface area contributed by atoms with Gasteiger partial charge in [-0.15, -0.1) is 0 Å². The lowest BCUT2D eigenvalue weighted by atomic mass is 9.93. The van der Waals surface area contributed by atoms with Crippen LogP contribution in [-0.2, 0) is 0 Å². The molecule has 0 saturated heterocycles. The number of nitrogens with zero attached hydrogens (tertiary/aromatic N) is 4. The highest BCUT2D eigenvalue weighted by atomic mass is 16.5. The van der Waals surface area contributed by atoms with Crippen molar-refractivity contribution in [1.82, 2.24) is 18.8 Å². The Labute approximate surface area is 269 Å². The molecule has 0 saturated carbocycles. The Morgan fingerprint density at radius 3 is 1.74 bits per heavy atom. The predicted octanol–water partition coefficient (Wildman–Crippen LogP) is 10.7. The molecule has 0 N–H and O–H groups in total. The van der Waals surface area contributed by atoms with E-state index < -0.39 is 0 Å². The first-order valence-electron chi connectivity index (χ1n) is 15.7. The zero-order valence-corrected chi connectivity index (χ0v) is 25.2. The maximum atomic E-state index is 6.58. The molecule has 47 heavy (non-hydrogen) atoms. The lowest BCUT2D eigenvalue weighted by Crippen LogP contribution is -1.96. The van der Waals surface area contributed by atoms with E-state index in [0.717, 1.165) is 60.8 Å². The molecule has 0 aliphatic rings. The number of fused-ring (bicyclic) bond motifs is 12. The van der Waals surface area contributed by atoms with Crippen molar-refractivity contribution in [2.45, 2.75) is 0 Å². The van der Waals surface area contributed by atoms with Gasteiger partial charge in [0.2, 0.25) is 0 Å². The Bertz CT molecular complexity index is 2820. The molecule has 10 rings (SSSR count). The lowest BCUT2D eigenvalue weighted by molar-refractivity contribution is 0.484. The minimum absolute atomic E-state index is 0.753. The smallest absolute Gasteiger partial charge is 0.145 e. The summed E-state index contributed by atoms with van der Waals surface area (Å²) in [6.45, 7) is 0. The number of pyridine rings is 2. The highest BCUT2D eigenvalue weighted by molar-refractivity contribution is 6.16. The Morgan fingerprint density at radius 2 is 1.02 bits per heavy atom. The molecule has 4 aromatic heterocycles. The van der Waals surface area contributed by atoms with E-state index in [1.807, 2.05) is 24.7 Å². The number of ether oxygens (including phenoxy) is 1. The minimum atomic E-state index is 0.753. The summed E-state index contributed by atoms with van der Waals surface area (Å²) in [6.07, 6.45) is 7.80. The largest absolute Gasteiger partial charge is 0.457 e. The Hall–Kier alpha value is -6.46. The normalized spacial score (nSPS) is 11.8. The van der Waals surface area contributed by atoms with Gasteiger partial charge in [0, 0.05) is 51.9 Å². The van der Waals surface area contributed by atoms with Crippen molar-refractivity contribution in [2.24, 2.45) is 0 Å². The van der Waals surface area contributed by atoms with Gasteiger partial charge in [0.25, 0.3) is 0 Å². The molecule has 0 aliphatic carbocycles. The number of benzene rings is 6. The molecule has 220 valence electrons. The quantitative estimate of drug-likeness (QED) is 0.188. The maximum Gasteiger partial charge on any atom is 0.145 e. The van der Waals surface area contributed by atoms with Gasteiger partial charge in [0.15, 0.2) is 0 Å². The summed E-state index contributed by atoms with van der Waals surface area (Å²) in [4.78, 5) is 9.55. The van der Waals surface area contributed by atoms with Crippen molar-refractivity contribution in [1.29, 1.82) is 0 Å². The monoisotopic (exact) mass is 602 g/mol. The van der Waals surface area contributed by atoms with Gasteiger partial charge in [0.1, 0.15) is 22.8 Å². The van der Waals surface area contributed by atoms with Gasteiger partial charge < -0.3 is 4.74 Å². The van der Waals surface area contributed by atoms with Crippen molar-refractivity contribution in [3.05, 3.63) is 158 Å². The van der Waals surface area contributed by atoms with E-state index in [4.69, 9.17) is 14.7 Å². The molecule has 6 aromatic carbocycles. The number of aromatic nitrogens is 4. The van der Waals surface area contributed by atoms with Crippen LogP contribution in [0.1, 0.15) is 0 Å². The van der Waals surface area contributed by atoms with Crippen LogP contribution in [0.15, 0.2) is 158 Å². The van der Waals surface area contributed by atoms with E-state index in [2.05, 4.69) is 142 Å². The molecule has 0 radical (unpaired) electrons. The minimum Gasteiger partial charge on any atom is -0.457 e. The van der Waals surface area contributed by atoms with Crippen molar-refractivity contribution in [2.75, 3.05) is 0 Å². The number of hydrogen-bond donors (Lipinski definition) is 0. The molecule has 0 atom stereocenters. The number of hydrogen-bond acceptors (Lipinski definition) is 3. The molecule has 10 aromatic rings. The van der Waals surface area contributed by atoms with E-state index >= 15 is 0 Å². The number of imidazole rings is 2. The van der Waals surface area contributed by atoms with E-state index in [1.165, 1.54) is 27.6 Å². The summed E-state index contributed by atoms with van der Waals surface area (Å²) in [5.74, 6) is 1.51. The molecule has 0 amide bonds. The van der Waals surface area contributed by atoms with Gasteiger partial charge in [-0.3, -0.25) is 8.80 Å². The fraction of sp³-hybridized carbons (Fsp3) is 0. The first-order valence-corrected chi connectivity index (χ1v) is 15.7. The molecule has 0 spiro atoms.